The van der Waals surface area contributed by atoms with Crippen LogP contribution >= 0.6 is 27.7 Å². The van der Waals surface area contributed by atoms with Gasteiger partial charge in [-0.1, -0.05) is 17.8 Å². The predicted octanol–water partition coefficient (Wildman–Crippen LogP) is 2.22. The molecule has 0 aliphatic rings. The monoisotopic (exact) mass is 334 g/mol. The molecule has 4 nitrogen and oxygen atoms in total. The van der Waals surface area contributed by atoms with Crippen LogP contribution in [-0.4, -0.2) is 32.3 Å². The average Bonchev–Trinajstić information content (AvgIpc) is 2.31. The van der Waals surface area contributed by atoms with Gasteiger partial charge in [0.05, 0.1) is 10.6 Å². The highest BCUT2D eigenvalue weighted by molar-refractivity contribution is 9.10. The number of halogens is 1. The second kappa shape index (κ2) is 7.13. The Labute approximate surface area is 118 Å². The van der Waals surface area contributed by atoms with Crippen LogP contribution in [0, 0.1) is 0 Å². The molecule has 0 fully saturated rings. The number of carbonyl (C=O) groups excluding carboxylic acids is 1. The topological polar surface area (TPSA) is 77.8 Å². The van der Waals surface area contributed by atoms with Gasteiger partial charge in [0.25, 0.3) is 0 Å². The average molecular weight is 335 g/mol. The quantitative estimate of drug-likeness (QED) is 0.769. The fourth-order valence-corrected chi connectivity index (χ4v) is 2.45. The van der Waals surface area contributed by atoms with Crippen LogP contribution in [0.25, 0.3) is 0 Å². The number of carbonyl (C=O) groups is 1. The highest BCUT2D eigenvalue weighted by Gasteiger charge is 2.19. The third kappa shape index (κ3) is 4.61. The van der Waals surface area contributed by atoms with E-state index in [1.165, 1.54) is 13.0 Å². The molecule has 18 heavy (non-hydrogen) atoms. The van der Waals surface area contributed by atoms with Crippen molar-refractivity contribution in [1.82, 2.24) is 0 Å². The number of aliphatic hydroxyl groups excluding tert-OH is 2. The Bertz CT molecular complexity index is 425. The summed E-state index contributed by atoms with van der Waals surface area (Å²) in [6.45, 7) is 1.46. The Morgan fingerprint density at radius 1 is 1.44 bits per heavy atom. The maximum Gasteiger partial charge on any atom is 0.185 e. The number of aliphatic hydroxyl groups is 2. The van der Waals surface area contributed by atoms with Gasteiger partial charge in [0, 0.05) is 12.7 Å². The third-order valence-corrected chi connectivity index (χ3v) is 3.88. The first-order valence-corrected chi connectivity index (χ1v) is 7.17. The van der Waals surface area contributed by atoms with E-state index in [0.717, 1.165) is 11.8 Å². The van der Waals surface area contributed by atoms with Gasteiger partial charge in [-0.2, -0.15) is 0 Å². The highest BCUT2D eigenvalue weighted by atomic mass is 79.9. The van der Waals surface area contributed by atoms with Gasteiger partial charge in [0.2, 0.25) is 0 Å². The maximum absolute atomic E-state index is 10.7. The molecular weight excluding hydrogens is 320 g/mol. The molecule has 0 radical (unpaired) electrons. The molecule has 1 rings (SSSR count). The smallest absolute Gasteiger partial charge is 0.185 e. The lowest BCUT2D eigenvalue weighted by molar-refractivity contribution is -0.109. The number of phenols is 1. The Morgan fingerprint density at radius 3 is 2.67 bits per heavy atom. The Hall–Kier alpha value is -0.560. The van der Waals surface area contributed by atoms with E-state index in [2.05, 4.69) is 15.9 Å². The summed E-state index contributed by atoms with van der Waals surface area (Å²) in [6.07, 6.45) is -1.65. The number of phenolic OH excluding ortho intramolecular Hbond substituents is 1. The lowest BCUT2D eigenvalue weighted by Crippen LogP contribution is -2.19. The van der Waals surface area contributed by atoms with Crippen LogP contribution < -0.4 is 0 Å². The van der Waals surface area contributed by atoms with Gasteiger partial charge < -0.3 is 15.3 Å². The molecule has 1 aromatic rings. The number of hydrogen-bond donors (Lipinski definition) is 3. The predicted molar refractivity (Wildman–Crippen MR) is 74.5 cm³/mol. The second-order valence-corrected chi connectivity index (χ2v) is 5.98. The van der Waals surface area contributed by atoms with Gasteiger partial charge in [-0.15, -0.1) is 0 Å². The van der Waals surface area contributed by atoms with Crippen LogP contribution in [0.2, 0.25) is 0 Å². The van der Waals surface area contributed by atoms with Crippen molar-refractivity contribution in [2.24, 2.45) is 0 Å². The highest BCUT2D eigenvalue weighted by Crippen LogP contribution is 2.29. The fourth-order valence-electron chi connectivity index (χ4n) is 1.41. The summed E-state index contributed by atoms with van der Waals surface area (Å²) in [6, 6.07) is 4.55. The first-order chi connectivity index (χ1) is 8.41. The van der Waals surface area contributed by atoms with Crippen molar-refractivity contribution < 1.29 is 20.1 Å². The summed E-state index contributed by atoms with van der Waals surface area (Å²) in [4.78, 5) is 10.7. The van der Waals surface area contributed by atoms with Gasteiger partial charge in [-0.3, -0.25) is 4.79 Å². The summed E-state index contributed by atoms with van der Waals surface area (Å²) >= 11 is 4.26. The molecule has 0 spiro atoms. The lowest BCUT2D eigenvalue weighted by Gasteiger charge is -2.18. The third-order valence-electron chi connectivity index (χ3n) is 2.40. The van der Waals surface area contributed by atoms with Gasteiger partial charge >= 0.3 is 0 Å². The van der Waals surface area contributed by atoms with Gasteiger partial charge in [-0.05, 0) is 40.0 Å². The molecule has 0 aromatic heterocycles. The van der Waals surface area contributed by atoms with E-state index in [9.17, 15) is 20.1 Å². The van der Waals surface area contributed by atoms with E-state index < -0.39 is 12.2 Å². The van der Waals surface area contributed by atoms with Crippen LogP contribution in [-0.2, 0) is 4.79 Å². The van der Waals surface area contributed by atoms with Crippen LogP contribution in [0.1, 0.15) is 25.0 Å². The van der Waals surface area contributed by atoms with E-state index in [1.807, 2.05) is 0 Å². The molecule has 3 N–H and O–H groups in total. The van der Waals surface area contributed by atoms with E-state index in [1.54, 1.807) is 12.1 Å². The lowest BCUT2D eigenvalue weighted by atomic mass is 10.0. The molecule has 1 aromatic carbocycles. The van der Waals surface area contributed by atoms with E-state index in [4.69, 9.17) is 0 Å². The Balaban J connectivity index is 2.59. The van der Waals surface area contributed by atoms with Gasteiger partial charge in [0.1, 0.15) is 11.9 Å². The van der Waals surface area contributed by atoms with Crippen LogP contribution in [0.15, 0.2) is 22.7 Å². The minimum Gasteiger partial charge on any atom is -0.507 e. The SMILES string of the molecule is CC(=O)SCCC(O)C(O)c1ccc(O)c(Br)c1. The molecule has 2 unspecified atom stereocenters. The van der Waals surface area contributed by atoms with Crippen LogP contribution in [0.4, 0.5) is 0 Å². The summed E-state index contributed by atoms with van der Waals surface area (Å²) in [5, 5.41) is 29.0. The number of hydrogen-bond acceptors (Lipinski definition) is 5. The minimum absolute atomic E-state index is 0.0101. The zero-order chi connectivity index (χ0) is 13.7. The van der Waals surface area contributed by atoms with E-state index in [-0.39, 0.29) is 10.9 Å². The first-order valence-electron chi connectivity index (χ1n) is 5.39. The fraction of sp³-hybridized carbons (Fsp3) is 0.417. The largest absolute Gasteiger partial charge is 0.507 e. The molecular formula is C12H15BrO4S. The normalized spacial score (nSPS) is 14.2. The molecule has 100 valence electrons. The van der Waals surface area contributed by atoms with Crippen molar-refractivity contribution in [1.29, 1.82) is 0 Å². The summed E-state index contributed by atoms with van der Waals surface area (Å²) < 4.78 is 0.462. The van der Waals surface area contributed by atoms with Crippen molar-refractivity contribution in [3.8, 4) is 5.75 Å². The van der Waals surface area contributed by atoms with Crippen molar-refractivity contribution in [3.05, 3.63) is 28.2 Å². The molecule has 0 aliphatic carbocycles. The molecule has 0 saturated carbocycles. The minimum atomic E-state index is -1.03. The molecule has 0 aliphatic heterocycles. The number of aromatic hydroxyl groups is 1. The van der Waals surface area contributed by atoms with Crippen molar-refractivity contribution >= 4 is 32.8 Å². The van der Waals surface area contributed by atoms with Crippen LogP contribution in [0.3, 0.4) is 0 Å². The zero-order valence-corrected chi connectivity index (χ0v) is 12.2. The maximum atomic E-state index is 10.7. The van der Waals surface area contributed by atoms with Crippen molar-refractivity contribution in [2.45, 2.75) is 25.6 Å². The van der Waals surface area contributed by atoms with Crippen molar-refractivity contribution in [2.75, 3.05) is 5.75 Å². The Kier molecular flexibility index (Phi) is 6.14. The molecule has 2 atom stereocenters. The summed E-state index contributed by atoms with van der Waals surface area (Å²) in [5.41, 5.74) is 0.514. The van der Waals surface area contributed by atoms with Crippen LogP contribution in [0.5, 0.6) is 5.75 Å². The molecule has 0 amide bonds. The summed E-state index contributed by atoms with van der Waals surface area (Å²) in [5.74, 6) is 0.542. The van der Waals surface area contributed by atoms with Crippen molar-refractivity contribution in [3.63, 3.8) is 0 Å². The Morgan fingerprint density at radius 2 is 2.11 bits per heavy atom. The second-order valence-electron chi connectivity index (χ2n) is 3.85. The zero-order valence-electron chi connectivity index (χ0n) is 9.84. The number of thioether (sulfide) groups is 1. The molecule has 0 bridgehead atoms. The summed E-state index contributed by atoms with van der Waals surface area (Å²) in [7, 11) is 0. The molecule has 0 heterocycles. The van der Waals surface area contributed by atoms with Gasteiger partial charge in [-0.25, -0.2) is 0 Å². The number of rotatable bonds is 5. The first kappa shape index (κ1) is 15.5. The molecule has 0 saturated heterocycles. The van der Waals surface area contributed by atoms with E-state index in [0.29, 0.717) is 22.2 Å². The number of benzene rings is 1. The van der Waals surface area contributed by atoms with E-state index >= 15 is 0 Å². The van der Waals surface area contributed by atoms with Gasteiger partial charge in [0.15, 0.2) is 5.12 Å². The molecule has 6 heteroatoms. The standard InChI is InChI=1S/C12H15BrO4S/c1-7(14)18-5-4-11(16)12(17)8-2-3-10(15)9(13)6-8/h2-3,6,11-12,15-17H,4-5H2,1H3.